The first-order valence-electron chi connectivity index (χ1n) is 11.3. The van der Waals surface area contributed by atoms with Crippen molar-refractivity contribution >= 4 is 11.6 Å². The maximum Gasteiger partial charge on any atom is 0.226 e. The summed E-state index contributed by atoms with van der Waals surface area (Å²) in [6.45, 7) is 7.36. The highest BCUT2D eigenvalue weighted by Crippen LogP contribution is 2.29. The summed E-state index contributed by atoms with van der Waals surface area (Å²) in [5, 5.41) is 3.03. The number of methoxy groups -OCH3 is 1. The van der Waals surface area contributed by atoms with E-state index in [0.717, 1.165) is 30.9 Å². The van der Waals surface area contributed by atoms with E-state index in [1.54, 1.807) is 7.11 Å². The molecule has 2 aromatic rings. The van der Waals surface area contributed by atoms with E-state index in [1.807, 2.05) is 32.0 Å². The van der Waals surface area contributed by atoms with Crippen molar-refractivity contribution in [3.05, 3.63) is 59.7 Å². The number of carbonyl (C=O) groups excluding carboxylic acids is 1. The average Bonchev–Trinajstić information content (AvgIpc) is 2.77. The molecule has 0 saturated carbocycles. The second-order valence-electron chi connectivity index (χ2n) is 8.69. The van der Waals surface area contributed by atoms with Crippen molar-refractivity contribution in [3.63, 3.8) is 0 Å². The molecule has 0 radical (unpaired) electrons. The van der Waals surface area contributed by atoms with E-state index in [4.69, 9.17) is 4.74 Å². The second-order valence-corrected chi connectivity index (χ2v) is 8.69. The molecule has 0 aromatic heterocycles. The fourth-order valence-electron chi connectivity index (χ4n) is 4.10. The molecule has 4 nitrogen and oxygen atoms in total. The number of piperidine rings is 1. The summed E-state index contributed by atoms with van der Waals surface area (Å²) in [6.07, 6.45) is 5.99. The third-order valence-corrected chi connectivity index (χ3v) is 6.09. The van der Waals surface area contributed by atoms with Gasteiger partial charge in [0.25, 0.3) is 0 Å². The Bertz CT molecular complexity index is 793. The smallest absolute Gasteiger partial charge is 0.226 e. The first-order chi connectivity index (χ1) is 14.5. The van der Waals surface area contributed by atoms with Crippen molar-refractivity contribution < 1.29 is 9.53 Å². The van der Waals surface area contributed by atoms with Gasteiger partial charge in [0.1, 0.15) is 5.75 Å². The molecule has 1 heterocycles. The SMILES string of the molecule is COc1ccc(CCCCN2CCC(c3cccc(NC(=O)C(C)C)c3)CC2)cc1. The van der Waals surface area contributed by atoms with E-state index in [2.05, 4.69) is 40.5 Å². The number of aryl methyl sites for hydroxylation is 1. The Morgan fingerprint density at radius 1 is 1.10 bits per heavy atom. The normalized spacial score (nSPS) is 15.3. The molecule has 1 aliphatic heterocycles. The lowest BCUT2D eigenvalue weighted by Crippen LogP contribution is -2.33. The zero-order valence-corrected chi connectivity index (χ0v) is 18.7. The second kappa shape index (κ2) is 11.2. The van der Waals surface area contributed by atoms with Gasteiger partial charge in [-0.15, -0.1) is 0 Å². The maximum absolute atomic E-state index is 12.0. The topological polar surface area (TPSA) is 41.6 Å². The van der Waals surface area contributed by atoms with Crippen LogP contribution in [-0.2, 0) is 11.2 Å². The van der Waals surface area contributed by atoms with Gasteiger partial charge in [0.15, 0.2) is 0 Å². The zero-order chi connectivity index (χ0) is 21.3. The zero-order valence-electron chi connectivity index (χ0n) is 18.7. The summed E-state index contributed by atoms with van der Waals surface area (Å²) >= 11 is 0. The Morgan fingerprint density at radius 3 is 2.50 bits per heavy atom. The van der Waals surface area contributed by atoms with Gasteiger partial charge in [-0.05, 0) is 93.0 Å². The van der Waals surface area contributed by atoms with Crippen LogP contribution in [0.1, 0.15) is 56.6 Å². The van der Waals surface area contributed by atoms with E-state index in [1.165, 1.54) is 43.4 Å². The number of amides is 1. The molecule has 1 amide bonds. The number of hydrogen-bond donors (Lipinski definition) is 1. The Kier molecular flexibility index (Phi) is 8.32. The van der Waals surface area contributed by atoms with Gasteiger partial charge in [-0.2, -0.15) is 0 Å². The number of rotatable bonds is 9. The Morgan fingerprint density at radius 2 is 1.83 bits per heavy atom. The van der Waals surface area contributed by atoms with Crippen molar-refractivity contribution in [2.75, 3.05) is 32.1 Å². The Hall–Kier alpha value is -2.33. The number of benzene rings is 2. The van der Waals surface area contributed by atoms with Crippen molar-refractivity contribution in [1.29, 1.82) is 0 Å². The molecular weight excluding hydrogens is 372 g/mol. The first-order valence-corrected chi connectivity index (χ1v) is 11.3. The summed E-state index contributed by atoms with van der Waals surface area (Å²) in [5.74, 6) is 1.60. The molecule has 0 atom stereocenters. The predicted molar refractivity (Wildman–Crippen MR) is 124 cm³/mol. The van der Waals surface area contributed by atoms with Crippen LogP contribution in [0.4, 0.5) is 5.69 Å². The third-order valence-electron chi connectivity index (χ3n) is 6.09. The molecule has 3 rings (SSSR count). The third kappa shape index (κ3) is 6.60. The summed E-state index contributed by atoms with van der Waals surface area (Å²) in [4.78, 5) is 14.6. The molecule has 4 heteroatoms. The van der Waals surface area contributed by atoms with Crippen LogP contribution in [0.15, 0.2) is 48.5 Å². The van der Waals surface area contributed by atoms with Crippen LogP contribution in [0.2, 0.25) is 0 Å². The van der Waals surface area contributed by atoms with E-state index in [-0.39, 0.29) is 11.8 Å². The summed E-state index contributed by atoms with van der Waals surface area (Å²) in [5.41, 5.74) is 3.67. The number of nitrogens with one attached hydrogen (secondary N) is 1. The van der Waals surface area contributed by atoms with E-state index < -0.39 is 0 Å². The van der Waals surface area contributed by atoms with Crippen LogP contribution < -0.4 is 10.1 Å². The van der Waals surface area contributed by atoms with Gasteiger partial charge in [-0.25, -0.2) is 0 Å². The van der Waals surface area contributed by atoms with Crippen LogP contribution in [-0.4, -0.2) is 37.6 Å². The number of unbranched alkanes of at least 4 members (excludes halogenated alkanes) is 1. The van der Waals surface area contributed by atoms with Crippen molar-refractivity contribution in [2.24, 2.45) is 5.92 Å². The summed E-state index contributed by atoms with van der Waals surface area (Å²) in [6, 6.07) is 16.9. The largest absolute Gasteiger partial charge is 0.497 e. The van der Waals surface area contributed by atoms with Crippen molar-refractivity contribution in [2.45, 2.75) is 51.9 Å². The summed E-state index contributed by atoms with van der Waals surface area (Å²) < 4.78 is 5.22. The molecule has 2 aromatic carbocycles. The van der Waals surface area contributed by atoms with Crippen LogP contribution >= 0.6 is 0 Å². The quantitative estimate of drug-likeness (QED) is 0.558. The molecule has 162 valence electrons. The average molecular weight is 409 g/mol. The molecule has 0 unspecified atom stereocenters. The fourth-order valence-corrected chi connectivity index (χ4v) is 4.10. The molecule has 30 heavy (non-hydrogen) atoms. The highest BCUT2D eigenvalue weighted by molar-refractivity contribution is 5.92. The van der Waals surface area contributed by atoms with Gasteiger partial charge in [0.2, 0.25) is 5.91 Å². The van der Waals surface area contributed by atoms with Gasteiger partial charge in [-0.1, -0.05) is 38.1 Å². The van der Waals surface area contributed by atoms with E-state index in [9.17, 15) is 4.79 Å². The fraction of sp³-hybridized carbons (Fsp3) is 0.500. The molecule has 1 saturated heterocycles. The number of ether oxygens (including phenoxy) is 1. The number of anilines is 1. The number of likely N-dealkylation sites (tertiary alicyclic amines) is 1. The number of hydrogen-bond acceptors (Lipinski definition) is 3. The Balaban J connectivity index is 1.38. The van der Waals surface area contributed by atoms with Gasteiger partial charge >= 0.3 is 0 Å². The predicted octanol–water partition coefficient (Wildman–Crippen LogP) is 5.49. The minimum atomic E-state index is 0.00150. The lowest BCUT2D eigenvalue weighted by atomic mass is 9.89. The highest BCUT2D eigenvalue weighted by atomic mass is 16.5. The lowest BCUT2D eigenvalue weighted by molar-refractivity contribution is -0.118. The lowest BCUT2D eigenvalue weighted by Gasteiger charge is -2.32. The van der Waals surface area contributed by atoms with Gasteiger partial charge < -0.3 is 15.0 Å². The van der Waals surface area contributed by atoms with E-state index in [0.29, 0.717) is 5.92 Å². The maximum atomic E-state index is 12.0. The van der Waals surface area contributed by atoms with Gasteiger partial charge in [0, 0.05) is 11.6 Å². The van der Waals surface area contributed by atoms with Crippen molar-refractivity contribution in [1.82, 2.24) is 4.90 Å². The molecule has 1 N–H and O–H groups in total. The standard InChI is InChI=1S/C26H36N2O2/c1-20(2)26(29)27-24-9-6-8-23(19-24)22-14-17-28(18-15-22)16-5-4-7-21-10-12-25(30-3)13-11-21/h6,8-13,19-20,22H,4-5,7,14-18H2,1-3H3,(H,27,29). The van der Waals surface area contributed by atoms with Crippen LogP contribution in [0.25, 0.3) is 0 Å². The minimum Gasteiger partial charge on any atom is -0.497 e. The van der Waals surface area contributed by atoms with Gasteiger partial charge in [0.05, 0.1) is 7.11 Å². The molecule has 1 fully saturated rings. The minimum absolute atomic E-state index is 0.00150. The van der Waals surface area contributed by atoms with Crippen LogP contribution in [0.3, 0.4) is 0 Å². The van der Waals surface area contributed by atoms with Crippen LogP contribution in [0, 0.1) is 5.92 Å². The molecule has 0 aliphatic carbocycles. The Labute approximate surface area is 181 Å². The molecule has 0 spiro atoms. The van der Waals surface area contributed by atoms with E-state index >= 15 is 0 Å². The van der Waals surface area contributed by atoms with Gasteiger partial charge in [-0.3, -0.25) is 4.79 Å². The monoisotopic (exact) mass is 408 g/mol. The number of carbonyl (C=O) groups is 1. The number of nitrogens with zero attached hydrogens (tertiary/aromatic N) is 1. The summed E-state index contributed by atoms with van der Waals surface area (Å²) in [7, 11) is 1.71. The molecular formula is C26H36N2O2. The van der Waals surface area contributed by atoms with Crippen LogP contribution in [0.5, 0.6) is 5.75 Å². The molecule has 0 bridgehead atoms. The van der Waals surface area contributed by atoms with Crippen molar-refractivity contribution in [3.8, 4) is 5.75 Å². The first kappa shape index (κ1) is 22.4. The molecule has 1 aliphatic rings. The highest BCUT2D eigenvalue weighted by Gasteiger charge is 2.20.